The first-order valence-electron chi connectivity index (χ1n) is 11.6. The standard InChI is InChI=1S/C22H48NO3P.BrH/c1-5-7-8-9-10-11-12-13-14-15-16-17-19-23(4)20-18-21-27(24,25)26-22(3)6-2;/h22H,5-21H2,1-4H3,(H,24,25);1H. The third-order valence-electron chi connectivity index (χ3n) is 5.29. The molecule has 0 bridgehead atoms. The summed E-state index contributed by atoms with van der Waals surface area (Å²) >= 11 is 0. The normalized spacial score (nSPS) is 14.6. The van der Waals surface area contributed by atoms with Crippen molar-refractivity contribution < 1.29 is 14.0 Å². The van der Waals surface area contributed by atoms with Crippen LogP contribution in [0.5, 0.6) is 0 Å². The maximum absolute atomic E-state index is 12.0. The number of unbranched alkanes of at least 4 members (excludes halogenated alkanes) is 11. The Hall–Kier alpha value is 0.590. The van der Waals surface area contributed by atoms with Gasteiger partial charge in [0.15, 0.2) is 0 Å². The van der Waals surface area contributed by atoms with E-state index in [0.717, 1.165) is 25.9 Å². The summed E-state index contributed by atoms with van der Waals surface area (Å²) in [4.78, 5) is 12.1. The molecule has 0 radical (unpaired) electrons. The smallest absolute Gasteiger partial charge is 0.324 e. The van der Waals surface area contributed by atoms with E-state index in [4.69, 9.17) is 4.52 Å². The van der Waals surface area contributed by atoms with Crippen molar-refractivity contribution in [1.29, 1.82) is 0 Å². The fourth-order valence-corrected chi connectivity index (χ4v) is 4.64. The lowest BCUT2D eigenvalue weighted by Gasteiger charge is -2.19. The molecule has 0 aliphatic heterocycles. The summed E-state index contributed by atoms with van der Waals surface area (Å²) < 4.78 is 17.2. The molecule has 0 aromatic rings. The van der Waals surface area contributed by atoms with Gasteiger partial charge in [-0.25, -0.2) is 0 Å². The van der Waals surface area contributed by atoms with Gasteiger partial charge in [0.1, 0.15) is 0 Å². The van der Waals surface area contributed by atoms with Gasteiger partial charge in [0.25, 0.3) is 0 Å². The van der Waals surface area contributed by atoms with Crippen molar-refractivity contribution in [2.75, 3.05) is 26.3 Å². The Morgan fingerprint density at radius 1 is 0.821 bits per heavy atom. The zero-order valence-corrected chi connectivity index (χ0v) is 21.8. The number of hydrogen-bond donors (Lipinski definition) is 1. The van der Waals surface area contributed by atoms with Crippen LogP contribution in [0.1, 0.15) is 111 Å². The van der Waals surface area contributed by atoms with Crippen molar-refractivity contribution in [2.45, 2.75) is 117 Å². The molecule has 172 valence electrons. The van der Waals surface area contributed by atoms with Crippen molar-refractivity contribution in [3.05, 3.63) is 0 Å². The minimum absolute atomic E-state index is 0. The SMILES string of the molecule is Br.CCCCCCCCCCCCCCN(C)CCCP(=O)(O)OC(C)CC. The summed E-state index contributed by atoms with van der Waals surface area (Å²) in [6.45, 7) is 8.04. The summed E-state index contributed by atoms with van der Waals surface area (Å²) in [5.74, 6) is 0. The lowest BCUT2D eigenvalue weighted by Crippen LogP contribution is -2.22. The second-order valence-electron chi connectivity index (χ2n) is 8.23. The second kappa shape index (κ2) is 20.8. The largest absolute Gasteiger partial charge is 0.328 e. The van der Waals surface area contributed by atoms with Gasteiger partial charge in [-0.3, -0.25) is 4.57 Å². The average Bonchev–Trinajstić information content (AvgIpc) is 2.62. The van der Waals surface area contributed by atoms with Gasteiger partial charge in [0.2, 0.25) is 0 Å². The Labute approximate surface area is 186 Å². The molecule has 28 heavy (non-hydrogen) atoms. The van der Waals surface area contributed by atoms with Crippen LogP contribution in [0.2, 0.25) is 0 Å². The van der Waals surface area contributed by atoms with Gasteiger partial charge >= 0.3 is 7.60 Å². The van der Waals surface area contributed by atoms with Crippen molar-refractivity contribution in [3.8, 4) is 0 Å². The van der Waals surface area contributed by atoms with Crippen LogP contribution < -0.4 is 0 Å². The van der Waals surface area contributed by atoms with Crippen molar-refractivity contribution in [3.63, 3.8) is 0 Å². The number of nitrogens with zero attached hydrogens (tertiary/aromatic N) is 1. The van der Waals surface area contributed by atoms with Crippen LogP contribution in [0, 0.1) is 0 Å². The van der Waals surface area contributed by atoms with Crippen LogP contribution in [0.15, 0.2) is 0 Å². The van der Waals surface area contributed by atoms with E-state index in [9.17, 15) is 9.46 Å². The molecular weight excluding hydrogens is 437 g/mol. The van der Waals surface area contributed by atoms with E-state index in [1.807, 2.05) is 13.8 Å². The third kappa shape index (κ3) is 21.3. The van der Waals surface area contributed by atoms with Crippen molar-refractivity contribution in [1.82, 2.24) is 4.90 Å². The van der Waals surface area contributed by atoms with E-state index in [-0.39, 0.29) is 29.2 Å². The van der Waals surface area contributed by atoms with Gasteiger partial charge < -0.3 is 14.3 Å². The van der Waals surface area contributed by atoms with Crippen LogP contribution >= 0.6 is 24.6 Å². The molecule has 0 heterocycles. The number of rotatable bonds is 20. The summed E-state index contributed by atoms with van der Waals surface area (Å²) in [6, 6.07) is 0. The summed E-state index contributed by atoms with van der Waals surface area (Å²) in [7, 11) is -1.30. The highest BCUT2D eigenvalue weighted by atomic mass is 79.9. The van der Waals surface area contributed by atoms with Gasteiger partial charge in [-0.2, -0.15) is 0 Å². The van der Waals surface area contributed by atoms with E-state index >= 15 is 0 Å². The van der Waals surface area contributed by atoms with E-state index in [1.54, 1.807) is 0 Å². The Morgan fingerprint density at radius 3 is 1.71 bits per heavy atom. The first kappa shape index (κ1) is 30.8. The van der Waals surface area contributed by atoms with Gasteiger partial charge in [-0.15, -0.1) is 17.0 Å². The van der Waals surface area contributed by atoms with Crippen LogP contribution in [0.4, 0.5) is 0 Å². The topological polar surface area (TPSA) is 49.8 Å². The fraction of sp³-hybridized carbons (Fsp3) is 1.00. The molecule has 0 spiro atoms. The Morgan fingerprint density at radius 2 is 1.25 bits per heavy atom. The van der Waals surface area contributed by atoms with Crippen LogP contribution in [0.25, 0.3) is 0 Å². The molecule has 0 aromatic heterocycles. The molecule has 0 aliphatic rings. The average molecular weight is 487 g/mol. The molecule has 6 heteroatoms. The van der Waals surface area contributed by atoms with Gasteiger partial charge in [0, 0.05) is 0 Å². The predicted octanol–water partition coefficient (Wildman–Crippen LogP) is 7.59. The summed E-state index contributed by atoms with van der Waals surface area (Å²) in [5, 5.41) is 0. The highest BCUT2D eigenvalue weighted by molar-refractivity contribution is 8.93. The molecule has 0 saturated heterocycles. The molecule has 0 amide bonds. The molecule has 0 aromatic carbocycles. The van der Waals surface area contributed by atoms with Gasteiger partial charge in [-0.1, -0.05) is 84.5 Å². The molecule has 0 fully saturated rings. The molecule has 0 saturated carbocycles. The van der Waals surface area contributed by atoms with Gasteiger partial charge in [-0.05, 0) is 46.3 Å². The first-order valence-corrected chi connectivity index (χ1v) is 13.4. The van der Waals surface area contributed by atoms with E-state index < -0.39 is 7.60 Å². The Bertz CT molecular complexity index is 372. The highest BCUT2D eigenvalue weighted by Crippen LogP contribution is 2.44. The van der Waals surface area contributed by atoms with E-state index in [1.165, 1.54) is 77.0 Å². The van der Waals surface area contributed by atoms with Gasteiger partial charge in [0.05, 0.1) is 12.3 Å². The molecule has 1 N–H and O–H groups in total. The monoisotopic (exact) mass is 485 g/mol. The van der Waals surface area contributed by atoms with Crippen molar-refractivity contribution >= 4 is 24.6 Å². The minimum Gasteiger partial charge on any atom is -0.324 e. The Kier molecular flexibility index (Phi) is 22.9. The van der Waals surface area contributed by atoms with Crippen molar-refractivity contribution in [2.24, 2.45) is 0 Å². The number of halogens is 1. The fourth-order valence-electron chi connectivity index (χ4n) is 3.28. The molecular formula is C22H49BrNO3P. The molecule has 0 rings (SSSR count). The summed E-state index contributed by atoms with van der Waals surface area (Å²) in [6.07, 6.45) is 18.1. The summed E-state index contributed by atoms with van der Waals surface area (Å²) in [5.41, 5.74) is 0. The molecule has 0 aliphatic carbocycles. The maximum Gasteiger partial charge on any atom is 0.328 e. The van der Waals surface area contributed by atoms with E-state index in [2.05, 4.69) is 18.9 Å². The lowest BCUT2D eigenvalue weighted by molar-refractivity contribution is 0.184. The molecule has 2 atom stereocenters. The number of hydrogen-bond acceptors (Lipinski definition) is 3. The Balaban J connectivity index is 0. The van der Waals surface area contributed by atoms with Crippen LogP contribution in [-0.2, 0) is 9.09 Å². The highest BCUT2D eigenvalue weighted by Gasteiger charge is 2.21. The second-order valence-corrected chi connectivity index (χ2v) is 10.2. The third-order valence-corrected chi connectivity index (χ3v) is 6.86. The van der Waals surface area contributed by atoms with Crippen LogP contribution in [0.3, 0.4) is 0 Å². The molecule has 4 nitrogen and oxygen atoms in total. The molecule has 2 unspecified atom stereocenters. The predicted molar refractivity (Wildman–Crippen MR) is 129 cm³/mol. The lowest BCUT2D eigenvalue weighted by atomic mass is 10.1. The maximum atomic E-state index is 12.0. The van der Waals surface area contributed by atoms with Crippen LogP contribution in [-0.4, -0.2) is 42.2 Å². The quantitative estimate of drug-likeness (QED) is 0.142. The minimum atomic E-state index is -3.41. The zero-order chi connectivity index (χ0) is 20.4. The zero-order valence-electron chi connectivity index (χ0n) is 19.2. The van der Waals surface area contributed by atoms with E-state index in [0.29, 0.717) is 0 Å². The first-order chi connectivity index (χ1) is 12.9.